The van der Waals surface area contributed by atoms with Gasteiger partial charge in [-0.2, -0.15) is 0 Å². The lowest BCUT2D eigenvalue weighted by Crippen LogP contribution is -2.28. The molecule has 0 aromatic heterocycles. The lowest BCUT2D eigenvalue weighted by Gasteiger charge is -2.10. The van der Waals surface area contributed by atoms with E-state index in [2.05, 4.69) is 12.2 Å². The Hall–Kier alpha value is -2.09. The minimum Gasteiger partial charge on any atom is -0.496 e. The maximum Gasteiger partial charge on any atom is 0.255 e. The monoisotopic (exact) mass is 408 g/mol. The van der Waals surface area contributed by atoms with Crippen molar-refractivity contribution in [3.63, 3.8) is 0 Å². The van der Waals surface area contributed by atoms with Crippen molar-refractivity contribution in [3.8, 4) is 5.75 Å². The number of ether oxygens (including phenoxy) is 1. The lowest BCUT2D eigenvalue weighted by molar-refractivity contribution is 0.0945. The summed E-state index contributed by atoms with van der Waals surface area (Å²) < 4.78 is 28.1. The van der Waals surface area contributed by atoms with Crippen LogP contribution in [0.4, 0.5) is 0 Å². The summed E-state index contributed by atoms with van der Waals surface area (Å²) in [5.74, 6) is 0.610. The zero-order chi connectivity index (χ0) is 19.8. The van der Waals surface area contributed by atoms with E-state index in [4.69, 9.17) is 21.5 Å². The summed E-state index contributed by atoms with van der Waals surface area (Å²) in [5.41, 5.74) is 1.35. The van der Waals surface area contributed by atoms with E-state index in [9.17, 15) is 13.2 Å². The summed E-state index contributed by atoms with van der Waals surface area (Å²) in [6, 6.07) is 11.4. The number of hydrogen-bond acceptors (Lipinski definition) is 4. The number of sulfonamides is 1. The molecule has 1 aliphatic rings. The van der Waals surface area contributed by atoms with Gasteiger partial charge in [-0.1, -0.05) is 37.1 Å². The predicted octanol–water partition coefficient (Wildman–Crippen LogP) is 2.92. The van der Waals surface area contributed by atoms with Crippen LogP contribution in [0.3, 0.4) is 0 Å². The number of benzene rings is 2. The molecule has 0 bridgehead atoms. The van der Waals surface area contributed by atoms with E-state index in [1.165, 1.54) is 19.2 Å². The van der Waals surface area contributed by atoms with E-state index in [1.54, 1.807) is 30.3 Å². The molecule has 0 aliphatic heterocycles. The highest BCUT2D eigenvalue weighted by Crippen LogP contribution is 2.50. The first-order valence-electron chi connectivity index (χ1n) is 8.53. The first-order valence-corrected chi connectivity index (χ1v) is 10.5. The van der Waals surface area contributed by atoms with Crippen molar-refractivity contribution in [2.24, 2.45) is 11.1 Å². The van der Waals surface area contributed by atoms with Crippen molar-refractivity contribution in [1.29, 1.82) is 0 Å². The van der Waals surface area contributed by atoms with E-state index in [0.29, 0.717) is 16.3 Å². The molecule has 27 heavy (non-hydrogen) atoms. The second-order valence-corrected chi connectivity index (χ2v) is 8.55. The number of methoxy groups -OCH3 is 1. The van der Waals surface area contributed by atoms with E-state index >= 15 is 0 Å². The highest BCUT2D eigenvalue weighted by molar-refractivity contribution is 7.89. The Morgan fingerprint density at radius 1 is 1.22 bits per heavy atom. The molecular weight excluding hydrogens is 388 g/mol. The summed E-state index contributed by atoms with van der Waals surface area (Å²) in [6.45, 7) is 2.06. The zero-order valence-corrected chi connectivity index (χ0v) is 16.5. The molecule has 0 heterocycles. The van der Waals surface area contributed by atoms with Gasteiger partial charge in [-0.05, 0) is 41.8 Å². The Balaban J connectivity index is 1.78. The maximum absolute atomic E-state index is 12.7. The maximum atomic E-state index is 12.7. The molecular formula is C19H21ClN2O4S. The lowest BCUT2D eigenvalue weighted by atomic mass is 10.1. The summed E-state index contributed by atoms with van der Waals surface area (Å²) in [7, 11) is -2.22. The van der Waals surface area contributed by atoms with Crippen LogP contribution in [0.1, 0.15) is 35.2 Å². The summed E-state index contributed by atoms with van der Waals surface area (Å²) in [4.78, 5) is 12.8. The van der Waals surface area contributed by atoms with Crippen LogP contribution in [0.2, 0.25) is 5.02 Å². The first kappa shape index (κ1) is 19.7. The Morgan fingerprint density at radius 3 is 2.44 bits per heavy atom. The quantitative estimate of drug-likeness (QED) is 0.767. The van der Waals surface area contributed by atoms with Crippen LogP contribution >= 0.6 is 11.6 Å². The minimum absolute atomic E-state index is 0.0356. The highest BCUT2D eigenvalue weighted by atomic mass is 35.5. The third-order valence-corrected chi connectivity index (χ3v) is 6.10. The molecule has 3 atom stereocenters. The topological polar surface area (TPSA) is 98.5 Å². The number of carbonyl (C=O) groups excluding carboxylic acids is 1. The minimum atomic E-state index is -3.72. The third kappa shape index (κ3) is 4.10. The summed E-state index contributed by atoms with van der Waals surface area (Å²) in [5, 5.41) is 8.65. The molecule has 1 aliphatic carbocycles. The van der Waals surface area contributed by atoms with Crippen LogP contribution in [-0.4, -0.2) is 27.5 Å². The van der Waals surface area contributed by atoms with Crippen molar-refractivity contribution in [1.82, 2.24) is 5.32 Å². The van der Waals surface area contributed by atoms with Crippen molar-refractivity contribution >= 4 is 27.5 Å². The molecule has 1 amide bonds. The molecule has 1 saturated carbocycles. The van der Waals surface area contributed by atoms with Crippen LogP contribution in [0.15, 0.2) is 47.4 Å². The van der Waals surface area contributed by atoms with E-state index in [1.807, 2.05) is 0 Å². The molecule has 0 saturated heterocycles. The fraction of sp³-hybridized carbons (Fsp3) is 0.316. The Bertz CT molecular complexity index is 960. The summed E-state index contributed by atoms with van der Waals surface area (Å²) >= 11 is 6.01. The number of amides is 1. The van der Waals surface area contributed by atoms with Gasteiger partial charge in [0.1, 0.15) is 5.75 Å². The Kier molecular flexibility index (Phi) is 5.46. The molecule has 1 fully saturated rings. The number of halogens is 1. The smallest absolute Gasteiger partial charge is 0.255 e. The number of carbonyl (C=O) groups is 1. The van der Waals surface area contributed by atoms with Crippen LogP contribution in [0.5, 0.6) is 5.75 Å². The van der Waals surface area contributed by atoms with Gasteiger partial charge in [0.05, 0.1) is 17.6 Å². The van der Waals surface area contributed by atoms with Crippen LogP contribution in [-0.2, 0) is 10.0 Å². The normalized spacial score (nSPS) is 21.6. The fourth-order valence-electron chi connectivity index (χ4n) is 3.50. The van der Waals surface area contributed by atoms with Gasteiger partial charge in [0.2, 0.25) is 10.0 Å². The number of primary sulfonamides is 1. The van der Waals surface area contributed by atoms with Crippen LogP contribution < -0.4 is 15.2 Å². The van der Waals surface area contributed by atoms with Gasteiger partial charge in [0, 0.05) is 17.0 Å². The van der Waals surface area contributed by atoms with Gasteiger partial charge in [-0.25, -0.2) is 13.6 Å². The summed E-state index contributed by atoms with van der Waals surface area (Å²) in [6.07, 6.45) is 0.888. The predicted molar refractivity (Wildman–Crippen MR) is 104 cm³/mol. The SMILES string of the molecule is CC[C@H]1[C@@H](NC(=O)c2cc(Cl)ccc2OC)[C@@H]1c1ccc(S(N)(=O)=O)cc1. The van der Waals surface area contributed by atoms with Gasteiger partial charge in [0.15, 0.2) is 0 Å². The standard InChI is InChI=1S/C19H21ClN2O4S/c1-3-14-17(11-4-7-13(8-5-11)27(21,24)25)18(14)22-19(23)15-10-12(20)6-9-16(15)26-2/h4-10,14,17-18H,3H2,1-2H3,(H,22,23)(H2,21,24,25)/t14-,17-,18-/m1/s1. The third-order valence-electron chi connectivity index (χ3n) is 4.94. The molecule has 3 rings (SSSR count). The van der Waals surface area contributed by atoms with Gasteiger partial charge in [-0.3, -0.25) is 4.79 Å². The van der Waals surface area contributed by atoms with Crippen LogP contribution in [0.25, 0.3) is 0 Å². The first-order chi connectivity index (χ1) is 12.8. The van der Waals surface area contributed by atoms with Crippen molar-refractivity contribution in [2.45, 2.75) is 30.2 Å². The number of nitrogens with two attached hydrogens (primary N) is 1. The average molecular weight is 409 g/mol. The molecule has 6 nitrogen and oxygen atoms in total. The van der Waals surface area contributed by atoms with E-state index in [-0.39, 0.29) is 28.7 Å². The number of rotatable bonds is 6. The zero-order valence-electron chi connectivity index (χ0n) is 15.0. The van der Waals surface area contributed by atoms with Crippen molar-refractivity contribution in [2.75, 3.05) is 7.11 Å². The molecule has 144 valence electrons. The largest absolute Gasteiger partial charge is 0.496 e. The number of nitrogens with one attached hydrogen (secondary N) is 1. The second-order valence-electron chi connectivity index (χ2n) is 6.56. The molecule has 2 aromatic carbocycles. The van der Waals surface area contributed by atoms with Crippen molar-refractivity contribution < 1.29 is 17.9 Å². The van der Waals surface area contributed by atoms with E-state index < -0.39 is 10.0 Å². The second kappa shape index (κ2) is 7.50. The Morgan fingerprint density at radius 2 is 1.89 bits per heavy atom. The average Bonchev–Trinajstić information content (AvgIpc) is 3.33. The fourth-order valence-corrected chi connectivity index (χ4v) is 4.19. The molecule has 0 radical (unpaired) electrons. The molecule has 8 heteroatoms. The van der Waals surface area contributed by atoms with Gasteiger partial charge >= 0.3 is 0 Å². The van der Waals surface area contributed by atoms with Gasteiger partial charge in [0.25, 0.3) is 5.91 Å². The molecule has 2 aromatic rings. The van der Waals surface area contributed by atoms with E-state index in [0.717, 1.165) is 12.0 Å². The number of hydrogen-bond donors (Lipinski definition) is 2. The molecule has 0 unspecified atom stereocenters. The highest BCUT2D eigenvalue weighted by Gasteiger charge is 2.50. The Labute approximate surface area is 163 Å². The van der Waals surface area contributed by atoms with Gasteiger partial charge < -0.3 is 10.1 Å². The van der Waals surface area contributed by atoms with Crippen LogP contribution in [0, 0.1) is 5.92 Å². The van der Waals surface area contributed by atoms with Crippen molar-refractivity contribution in [3.05, 3.63) is 58.6 Å². The molecule has 3 N–H and O–H groups in total. The van der Waals surface area contributed by atoms with Gasteiger partial charge in [-0.15, -0.1) is 0 Å². The molecule has 0 spiro atoms.